The maximum atomic E-state index is 13.5. The summed E-state index contributed by atoms with van der Waals surface area (Å²) in [6.45, 7) is 2.91. The molecule has 1 unspecified atom stereocenters. The Hall–Kier alpha value is -4.10. The zero-order valence-corrected chi connectivity index (χ0v) is 24.2. The van der Waals surface area contributed by atoms with Crippen LogP contribution in [0, 0.1) is 0 Å². The van der Waals surface area contributed by atoms with Crippen LogP contribution >= 0.6 is 0 Å². The third-order valence-electron chi connectivity index (χ3n) is 7.71. The molecular weight excluding hydrogens is 514 g/mol. The number of likely N-dealkylation sites (tertiary alicyclic amines) is 1. The summed E-state index contributed by atoms with van der Waals surface area (Å²) in [5, 5.41) is 1.16. The molecule has 7 heteroatoms. The zero-order valence-electron chi connectivity index (χ0n) is 24.2. The molecule has 0 aliphatic carbocycles. The molecule has 214 valence electrons. The second kappa shape index (κ2) is 13.5. The fraction of sp³-hybridized carbons (Fsp3) is 0.353. The van der Waals surface area contributed by atoms with Crippen molar-refractivity contribution in [2.75, 3.05) is 34.4 Å². The van der Waals surface area contributed by atoms with Crippen molar-refractivity contribution in [3.8, 4) is 17.2 Å². The van der Waals surface area contributed by atoms with Gasteiger partial charge in [-0.05, 0) is 67.8 Å². The molecule has 3 aromatic carbocycles. The number of benzene rings is 3. The third kappa shape index (κ3) is 7.16. The molecule has 0 spiro atoms. The molecule has 1 saturated heterocycles. The van der Waals surface area contributed by atoms with Crippen molar-refractivity contribution in [2.45, 2.75) is 44.8 Å². The Morgan fingerprint density at radius 2 is 1.71 bits per heavy atom. The number of rotatable bonds is 11. The number of nitrogens with zero attached hydrogens (tertiary/aromatic N) is 3. The number of para-hydroxylation sites is 1. The van der Waals surface area contributed by atoms with E-state index in [-0.39, 0.29) is 11.9 Å². The van der Waals surface area contributed by atoms with E-state index in [9.17, 15) is 4.79 Å². The van der Waals surface area contributed by atoms with Crippen molar-refractivity contribution in [1.82, 2.24) is 14.8 Å². The fourth-order valence-corrected chi connectivity index (χ4v) is 5.66. The van der Waals surface area contributed by atoms with Gasteiger partial charge in [0.15, 0.2) is 0 Å². The first-order chi connectivity index (χ1) is 20.0. The van der Waals surface area contributed by atoms with Crippen LogP contribution in [0.25, 0.3) is 10.9 Å². The molecule has 1 amide bonds. The third-order valence-corrected chi connectivity index (χ3v) is 7.71. The summed E-state index contributed by atoms with van der Waals surface area (Å²) in [5.74, 6) is 2.10. The summed E-state index contributed by atoms with van der Waals surface area (Å²) in [4.78, 5) is 22.4. The van der Waals surface area contributed by atoms with Gasteiger partial charge in [-0.25, -0.2) is 0 Å². The first-order valence-electron chi connectivity index (χ1n) is 14.3. The predicted molar refractivity (Wildman–Crippen MR) is 162 cm³/mol. The van der Waals surface area contributed by atoms with Gasteiger partial charge in [0.25, 0.3) is 5.91 Å². The number of ether oxygens (including phenoxy) is 3. The summed E-state index contributed by atoms with van der Waals surface area (Å²) >= 11 is 0. The smallest absolute Gasteiger partial charge is 0.254 e. The quantitative estimate of drug-likeness (QED) is 0.216. The molecule has 1 fully saturated rings. The normalized spacial score (nSPS) is 15.2. The highest BCUT2D eigenvalue weighted by molar-refractivity contribution is 5.95. The Labute approximate surface area is 242 Å². The van der Waals surface area contributed by atoms with Crippen LogP contribution in [-0.2, 0) is 13.1 Å². The lowest BCUT2D eigenvalue weighted by Gasteiger charge is -2.36. The lowest BCUT2D eigenvalue weighted by molar-refractivity contribution is 0.0579. The molecule has 0 N–H and O–H groups in total. The van der Waals surface area contributed by atoms with Gasteiger partial charge in [0, 0.05) is 55.3 Å². The number of hydrogen-bond acceptors (Lipinski definition) is 6. The fourth-order valence-electron chi connectivity index (χ4n) is 5.66. The van der Waals surface area contributed by atoms with E-state index in [1.165, 1.54) is 11.1 Å². The molecule has 1 aromatic heterocycles. The molecule has 4 aromatic rings. The van der Waals surface area contributed by atoms with Crippen LogP contribution in [0.1, 0.15) is 47.2 Å². The van der Waals surface area contributed by atoms with Crippen molar-refractivity contribution in [1.29, 1.82) is 0 Å². The largest absolute Gasteiger partial charge is 0.497 e. The maximum Gasteiger partial charge on any atom is 0.254 e. The summed E-state index contributed by atoms with van der Waals surface area (Å²) in [6.07, 6.45) is 5.73. The van der Waals surface area contributed by atoms with Crippen LogP contribution in [0.5, 0.6) is 17.2 Å². The Balaban J connectivity index is 1.17. The number of methoxy groups -OCH3 is 2. The standard InChI is InChI=1S/C34H39N3O4/c1-36(24-27-11-7-10-26-12-8-16-35-33(26)27)23-25-9-6-14-30(19-25)41-18-15-29-13-4-5-17-37(29)34(38)28-20-31(39-2)22-32(21-28)40-3/h6-12,14,16,19-22,29H,4-5,13,15,17-18,23-24H2,1-3H3. The minimum Gasteiger partial charge on any atom is -0.497 e. The first-order valence-corrected chi connectivity index (χ1v) is 14.3. The monoisotopic (exact) mass is 553 g/mol. The van der Waals surface area contributed by atoms with Crippen LogP contribution < -0.4 is 14.2 Å². The van der Waals surface area contributed by atoms with Gasteiger partial charge in [-0.15, -0.1) is 0 Å². The van der Waals surface area contributed by atoms with Crippen LogP contribution in [0.15, 0.2) is 79.0 Å². The van der Waals surface area contributed by atoms with Crippen LogP contribution in [-0.4, -0.2) is 61.2 Å². The van der Waals surface area contributed by atoms with Crippen molar-refractivity contribution in [3.05, 3.63) is 95.7 Å². The topological polar surface area (TPSA) is 64.1 Å². The molecule has 0 bridgehead atoms. The Morgan fingerprint density at radius 3 is 2.51 bits per heavy atom. The van der Waals surface area contributed by atoms with Crippen molar-refractivity contribution < 1.29 is 19.0 Å². The number of hydrogen-bond donors (Lipinski definition) is 0. The van der Waals surface area contributed by atoms with Gasteiger partial charge in [0.05, 0.1) is 26.3 Å². The van der Waals surface area contributed by atoms with Crippen LogP contribution in [0.2, 0.25) is 0 Å². The Morgan fingerprint density at radius 1 is 0.927 bits per heavy atom. The van der Waals surface area contributed by atoms with Gasteiger partial charge in [0.1, 0.15) is 17.2 Å². The Kier molecular flexibility index (Phi) is 9.36. The van der Waals surface area contributed by atoms with E-state index in [2.05, 4.69) is 53.3 Å². The summed E-state index contributed by atoms with van der Waals surface area (Å²) < 4.78 is 17.0. The minimum atomic E-state index is 0.0123. The number of piperidine rings is 1. The van der Waals surface area contributed by atoms with E-state index >= 15 is 0 Å². The molecule has 0 radical (unpaired) electrons. The number of pyridine rings is 1. The average molecular weight is 554 g/mol. The second-order valence-corrected chi connectivity index (χ2v) is 10.7. The van der Waals surface area contributed by atoms with Gasteiger partial charge in [-0.3, -0.25) is 14.7 Å². The first kappa shape index (κ1) is 28.4. The number of fused-ring (bicyclic) bond motifs is 1. The van der Waals surface area contributed by atoms with Crippen LogP contribution in [0.3, 0.4) is 0 Å². The molecule has 1 aliphatic heterocycles. The number of aromatic nitrogens is 1. The van der Waals surface area contributed by atoms with E-state index in [1.54, 1.807) is 32.4 Å². The number of carbonyl (C=O) groups is 1. The van der Waals surface area contributed by atoms with E-state index in [1.807, 2.05) is 29.3 Å². The van der Waals surface area contributed by atoms with E-state index in [0.717, 1.165) is 62.0 Å². The lowest BCUT2D eigenvalue weighted by atomic mass is 9.98. The van der Waals surface area contributed by atoms with Gasteiger partial charge >= 0.3 is 0 Å². The summed E-state index contributed by atoms with van der Waals surface area (Å²) in [7, 11) is 5.32. The van der Waals surface area contributed by atoms with Crippen molar-refractivity contribution in [3.63, 3.8) is 0 Å². The van der Waals surface area contributed by atoms with Crippen molar-refractivity contribution in [2.24, 2.45) is 0 Å². The van der Waals surface area contributed by atoms with E-state index < -0.39 is 0 Å². The highest BCUT2D eigenvalue weighted by Gasteiger charge is 2.28. The van der Waals surface area contributed by atoms with Gasteiger partial charge in [-0.1, -0.05) is 36.4 Å². The summed E-state index contributed by atoms with van der Waals surface area (Å²) in [5.41, 5.74) is 4.06. The lowest BCUT2D eigenvalue weighted by Crippen LogP contribution is -2.44. The SMILES string of the molecule is COc1cc(OC)cc(C(=O)N2CCCCC2CCOc2cccc(CN(C)Cc3cccc4cccnc34)c2)c1. The molecular formula is C34H39N3O4. The highest BCUT2D eigenvalue weighted by atomic mass is 16.5. The molecule has 1 aliphatic rings. The van der Waals surface area contributed by atoms with Gasteiger partial charge in [0.2, 0.25) is 0 Å². The van der Waals surface area contributed by atoms with E-state index in [0.29, 0.717) is 23.7 Å². The second-order valence-electron chi connectivity index (χ2n) is 10.7. The minimum absolute atomic E-state index is 0.0123. The van der Waals surface area contributed by atoms with Crippen molar-refractivity contribution >= 4 is 16.8 Å². The molecule has 2 heterocycles. The molecule has 0 saturated carbocycles. The van der Waals surface area contributed by atoms with Gasteiger partial charge in [-0.2, -0.15) is 0 Å². The van der Waals surface area contributed by atoms with Crippen LogP contribution in [0.4, 0.5) is 0 Å². The van der Waals surface area contributed by atoms with E-state index in [4.69, 9.17) is 14.2 Å². The molecule has 5 rings (SSSR count). The predicted octanol–water partition coefficient (Wildman–Crippen LogP) is 6.35. The molecule has 7 nitrogen and oxygen atoms in total. The highest BCUT2D eigenvalue weighted by Crippen LogP contribution is 2.27. The molecule has 1 atom stereocenters. The Bertz CT molecular complexity index is 1450. The number of amides is 1. The van der Waals surface area contributed by atoms with Gasteiger partial charge < -0.3 is 19.1 Å². The number of carbonyl (C=O) groups excluding carboxylic acids is 1. The summed E-state index contributed by atoms with van der Waals surface area (Å²) in [6, 6.07) is 24.2. The maximum absolute atomic E-state index is 13.5. The molecule has 41 heavy (non-hydrogen) atoms. The average Bonchev–Trinajstić information content (AvgIpc) is 3.01. The zero-order chi connectivity index (χ0) is 28.6.